The van der Waals surface area contributed by atoms with Gasteiger partial charge in [0.25, 0.3) is 5.91 Å². The number of rotatable bonds is 3. The second-order valence-electron chi connectivity index (χ2n) is 4.07. The number of nitrogens with one attached hydrogen (secondary N) is 2. The van der Waals surface area contributed by atoms with E-state index < -0.39 is 0 Å². The molecule has 0 aliphatic heterocycles. The second-order valence-corrected chi connectivity index (χ2v) is 4.95. The standard InChI is InChI=1S/C14H12N2O2S/c1-19-10-4-2-3-9(7-10)15-14(17)12-8-13-11(16-12)5-6-18-13/h2-8,16H,1H3,(H,15,17). The summed E-state index contributed by atoms with van der Waals surface area (Å²) in [5.41, 5.74) is 2.78. The summed E-state index contributed by atoms with van der Waals surface area (Å²) in [4.78, 5) is 16.2. The molecule has 3 aromatic rings. The van der Waals surface area contributed by atoms with Gasteiger partial charge >= 0.3 is 0 Å². The van der Waals surface area contributed by atoms with E-state index in [1.807, 2.05) is 30.5 Å². The zero-order chi connectivity index (χ0) is 13.2. The van der Waals surface area contributed by atoms with Gasteiger partial charge in [-0.15, -0.1) is 11.8 Å². The van der Waals surface area contributed by atoms with Crippen molar-refractivity contribution >= 4 is 34.5 Å². The summed E-state index contributed by atoms with van der Waals surface area (Å²) >= 11 is 1.64. The number of hydrogen-bond donors (Lipinski definition) is 2. The summed E-state index contributed by atoms with van der Waals surface area (Å²) in [6, 6.07) is 11.2. The number of anilines is 1. The number of carbonyl (C=O) groups is 1. The molecular weight excluding hydrogens is 260 g/mol. The van der Waals surface area contributed by atoms with Gasteiger partial charge in [0, 0.05) is 22.7 Å². The van der Waals surface area contributed by atoms with Crippen LogP contribution in [0, 0.1) is 0 Å². The van der Waals surface area contributed by atoms with Crippen LogP contribution in [0.1, 0.15) is 10.5 Å². The fourth-order valence-electron chi connectivity index (χ4n) is 1.87. The van der Waals surface area contributed by atoms with Crippen molar-refractivity contribution in [1.29, 1.82) is 0 Å². The maximum atomic E-state index is 12.1. The number of fused-ring (bicyclic) bond motifs is 1. The van der Waals surface area contributed by atoms with Crippen LogP contribution in [0.4, 0.5) is 5.69 Å². The van der Waals surface area contributed by atoms with E-state index in [9.17, 15) is 4.79 Å². The zero-order valence-electron chi connectivity index (χ0n) is 10.3. The molecule has 2 N–H and O–H groups in total. The molecule has 0 spiro atoms. The van der Waals surface area contributed by atoms with Crippen LogP contribution in [0.25, 0.3) is 11.1 Å². The molecule has 0 aliphatic rings. The average molecular weight is 272 g/mol. The molecule has 0 saturated carbocycles. The van der Waals surface area contributed by atoms with Crippen LogP contribution >= 0.6 is 11.8 Å². The predicted molar refractivity (Wildman–Crippen MR) is 76.7 cm³/mol. The highest BCUT2D eigenvalue weighted by atomic mass is 32.2. The average Bonchev–Trinajstić information content (AvgIpc) is 2.99. The maximum absolute atomic E-state index is 12.1. The van der Waals surface area contributed by atoms with Crippen LogP contribution in [0.15, 0.2) is 52.0 Å². The molecule has 2 aromatic heterocycles. The van der Waals surface area contributed by atoms with Crippen LogP contribution in [-0.2, 0) is 0 Å². The van der Waals surface area contributed by atoms with Gasteiger partial charge in [-0.3, -0.25) is 4.79 Å². The number of thioether (sulfide) groups is 1. The minimum absolute atomic E-state index is 0.176. The van der Waals surface area contributed by atoms with E-state index in [2.05, 4.69) is 10.3 Å². The Morgan fingerprint density at radius 2 is 2.21 bits per heavy atom. The van der Waals surface area contributed by atoms with Crippen LogP contribution in [0.3, 0.4) is 0 Å². The Labute approximate surface area is 114 Å². The van der Waals surface area contributed by atoms with Crippen molar-refractivity contribution in [2.75, 3.05) is 11.6 Å². The first-order valence-electron chi connectivity index (χ1n) is 5.78. The highest BCUT2D eigenvalue weighted by molar-refractivity contribution is 7.98. The normalized spacial score (nSPS) is 10.8. The first-order valence-corrected chi connectivity index (χ1v) is 7.00. The van der Waals surface area contributed by atoms with Gasteiger partial charge in [-0.1, -0.05) is 6.07 Å². The highest BCUT2D eigenvalue weighted by Gasteiger charge is 2.11. The molecule has 19 heavy (non-hydrogen) atoms. The second kappa shape index (κ2) is 4.85. The third kappa shape index (κ3) is 2.37. The third-order valence-electron chi connectivity index (χ3n) is 2.81. The lowest BCUT2D eigenvalue weighted by Gasteiger charge is -2.05. The molecule has 0 aliphatic carbocycles. The van der Waals surface area contributed by atoms with E-state index in [0.29, 0.717) is 11.3 Å². The zero-order valence-corrected chi connectivity index (χ0v) is 11.1. The molecule has 4 nitrogen and oxygen atoms in total. The number of aromatic nitrogens is 1. The first-order chi connectivity index (χ1) is 9.26. The van der Waals surface area contributed by atoms with E-state index in [4.69, 9.17) is 4.42 Å². The van der Waals surface area contributed by atoms with E-state index in [1.165, 1.54) is 0 Å². The largest absolute Gasteiger partial charge is 0.463 e. The molecule has 0 bridgehead atoms. The Morgan fingerprint density at radius 1 is 1.32 bits per heavy atom. The SMILES string of the molecule is CSc1cccc(NC(=O)c2cc3occc3[nH]2)c1. The van der Waals surface area contributed by atoms with Crippen LogP contribution in [-0.4, -0.2) is 17.1 Å². The summed E-state index contributed by atoms with van der Waals surface area (Å²) in [6.45, 7) is 0. The Hall–Kier alpha value is -2.14. The van der Waals surface area contributed by atoms with E-state index in [-0.39, 0.29) is 5.91 Å². The minimum Gasteiger partial charge on any atom is -0.463 e. The van der Waals surface area contributed by atoms with Gasteiger partial charge in [-0.05, 0) is 24.5 Å². The topological polar surface area (TPSA) is 58.0 Å². The molecule has 1 amide bonds. The quantitative estimate of drug-likeness (QED) is 0.714. The molecule has 1 aromatic carbocycles. The van der Waals surface area contributed by atoms with Crippen molar-refractivity contribution in [3.8, 4) is 0 Å². The van der Waals surface area contributed by atoms with Crippen LogP contribution in [0.2, 0.25) is 0 Å². The van der Waals surface area contributed by atoms with Gasteiger partial charge in [0.05, 0.1) is 11.8 Å². The lowest BCUT2D eigenvalue weighted by molar-refractivity contribution is 0.102. The van der Waals surface area contributed by atoms with Gasteiger partial charge in [0.15, 0.2) is 5.58 Å². The molecule has 0 unspecified atom stereocenters. The lowest BCUT2D eigenvalue weighted by Crippen LogP contribution is -2.12. The highest BCUT2D eigenvalue weighted by Crippen LogP contribution is 2.20. The fraction of sp³-hybridized carbons (Fsp3) is 0.0714. The monoisotopic (exact) mass is 272 g/mol. The van der Waals surface area contributed by atoms with Gasteiger partial charge in [-0.2, -0.15) is 0 Å². The molecule has 2 heterocycles. The van der Waals surface area contributed by atoms with Crippen LogP contribution in [0.5, 0.6) is 0 Å². The summed E-state index contributed by atoms with van der Waals surface area (Å²) in [6.07, 6.45) is 3.59. The first kappa shape index (κ1) is 11.9. The molecule has 0 saturated heterocycles. The lowest BCUT2D eigenvalue weighted by atomic mass is 10.3. The van der Waals surface area contributed by atoms with Gasteiger partial charge in [-0.25, -0.2) is 0 Å². The Kier molecular flexibility index (Phi) is 3.05. The van der Waals surface area contributed by atoms with Crippen molar-refractivity contribution in [2.24, 2.45) is 0 Å². The van der Waals surface area contributed by atoms with Gasteiger partial charge in [0.1, 0.15) is 5.69 Å². The van der Waals surface area contributed by atoms with E-state index >= 15 is 0 Å². The van der Waals surface area contributed by atoms with Crippen LogP contribution < -0.4 is 5.32 Å². The van der Waals surface area contributed by atoms with Crippen molar-refractivity contribution in [2.45, 2.75) is 4.90 Å². The van der Waals surface area contributed by atoms with Crippen molar-refractivity contribution in [1.82, 2.24) is 4.98 Å². The number of amides is 1. The van der Waals surface area contributed by atoms with Crippen molar-refractivity contribution < 1.29 is 9.21 Å². The smallest absolute Gasteiger partial charge is 0.272 e. The molecule has 5 heteroatoms. The molecular formula is C14H12N2O2S. The van der Waals surface area contributed by atoms with Crippen molar-refractivity contribution in [3.63, 3.8) is 0 Å². The number of aromatic amines is 1. The molecule has 0 radical (unpaired) electrons. The Balaban J connectivity index is 1.82. The summed E-state index contributed by atoms with van der Waals surface area (Å²) in [5.74, 6) is -0.176. The number of hydrogen-bond acceptors (Lipinski definition) is 3. The Morgan fingerprint density at radius 3 is 3.00 bits per heavy atom. The minimum atomic E-state index is -0.176. The molecule has 0 atom stereocenters. The molecule has 0 fully saturated rings. The van der Waals surface area contributed by atoms with Gasteiger partial charge in [0.2, 0.25) is 0 Å². The number of furan rings is 1. The number of benzene rings is 1. The predicted octanol–water partition coefficient (Wildman–Crippen LogP) is 3.74. The van der Waals surface area contributed by atoms with E-state index in [1.54, 1.807) is 30.2 Å². The van der Waals surface area contributed by atoms with Crippen molar-refractivity contribution in [3.05, 3.63) is 48.4 Å². The summed E-state index contributed by atoms with van der Waals surface area (Å²) in [5, 5.41) is 2.86. The maximum Gasteiger partial charge on any atom is 0.272 e. The number of carbonyl (C=O) groups excluding carboxylic acids is 1. The third-order valence-corrected chi connectivity index (χ3v) is 3.54. The molecule has 3 rings (SSSR count). The fourth-order valence-corrected chi connectivity index (χ4v) is 2.33. The Bertz CT molecular complexity index is 701. The summed E-state index contributed by atoms with van der Waals surface area (Å²) in [7, 11) is 0. The summed E-state index contributed by atoms with van der Waals surface area (Å²) < 4.78 is 5.22. The number of H-pyrrole nitrogens is 1. The van der Waals surface area contributed by atoms with E-state index in [0.717, 1.165) is 16.1 Å². The van der Waals surface area contributed by atoms with Gasteiger partial charge < -0.3 is 14.7 Å². The molecule has 96 valence electrons.